The van der Waals surface area contributed by atoms with Gasteiger partial charge in [-0.05, 0) is 62.7 Å². The third kappa shape index (κ3) is 1.87. The van der Waals surface area contributed by atoms with Crippen molar-refractivity contribution in [1.82, 2.24) is 4.90 Å². The van der Waals surface area contributed by atoms with Gasteiger partial charge in [0.25, 0.3) is 0 Å². The molecule has 3 fully saturated rings. The molecule has 4 heteroatoms. The van der Waals surface area contributed by atoms with Gasteiger partial charge in [-0.1, -0.05) is 6.42 Å². The van der Waals surface area contributed by atoms with E-state index in [1.807, 2.05) is 4.90 Å². The number of amides is 2. The standard InChI is InChI=1S/C15H23N3O/c16-13-15(7-1-2-12(8-15)11-5-6-11)18(14(19)17-13)9-10-3-4-10/h10-12H,1-9H2,(H2,16,17,19). The lowest BCUT2D eigenvalue weighted by molar-refractivity contribution is 0.110. The second-order valence-electron chi connectivity index (χ2n) is 7.06. The van der Waals surface area contributed by atoms with Crippen molar-refractivity contribution in [1.29, 1.82) is 0 Å². The fraction of sp³-hybridized carbons (Fsp3) is 0.867. The van der Waals surface area contributed by atoms with E-state index < -0.39 is 0 Å². The summed E-state index contributed by atoms with van der Waals surface area (Å²) in [6.07, 6.45) is 9.94. The van der Waals surface area contributed by atoms with Crippen LogP contribution < -0.4 is 5.73 Å². The summed E-state index contributed by atoms with van der Waals surface area (Å²) in [5.41, 5.74) is 5.99. The first kappa shape index (κ1) is 11.7. The molecule has 2 amide bonds. The van der Waals surface area contributed by atoms with E-state index in [0.29, 0.717) is 11.8 Å². The Balaban J connectivity index is 1.60. The highest BCUT2D eigenvalue weighted by Crippen LogP contribution is 2.50. The van der Waals surface area contributed by atoms with Crippen LogP contribution in [0.5, 0.6) is 0 Å². The fourth-order valence-electron chi connectivity index (χ4n) is 4.14. The number of nitrogens with zero attached hydrogens (tertiary/aromatic N) is 2. The normalized spacial score (nSPS) is 38.9. The smallest absolute Gasteiger partial charge is 0.346 e. The molecule has 104 valence electrons. The second kappa shape index (κ2) is 3.97. The Hall–Kier alpha value is -1.06. The van der Waals surface area contributed by atoms with Gasteiger partial charge in [0.2, 0.25) is 0 Å². The third-order valence-corrected chi connectivity index (χ3v) is 5.63. The summed E-state index contributed by atoms with van der Waals surface area (Å²) in [7, 11) is 0. The van der Waals surface area contributed by atoms with Crippen LogP contribution in [-0.4, -0.2) is 28.9 Å². The van der Waals surface area contributed by atoms with Gasteiger partial charge in [0.05, 0.1) is 0 Å². The minimum Gasteiger partial charge on any atom is -0.385 e. The molecule has 0 saturated heterocycles. The van der Waals surface area contributed by atoms with Crippen LogP contribution in [0, 0.1) is 17.8 Å². The van der Waals surface area contributed by atoms with Crippen molar-refractivity contribution in [2.75, 3.05) is 6.54 Å². The zero-order chi connectivity index (χ0) is 13.0. The molecule has 0 aromatic heterocycles. The number of carbonyl (C=O) groups excluding carboxylic acids is 1. The molecule has 0 radical (unpaired) electrons. The van der Waals surface area contributed by atoms with Crippen molar-refractivity contribution >= 4 is 11.9 Å². The molecule has 2 atom stereocenters. The van der Waals surface area contributed by atoms with Gasteiger partial charge in [-0.15, -0.1) is 0 Å². The summed E-state index contributed by atoms with van der Waals surface area (Å²) in [5, 5.41) is 0. The van der Waals surface area contributed by atoms with Gasteiger partial charge in [0, 0.05) is 6.54 Å². The van der Waals surface area contributed by atoms with Gasteiger partial charge in [-0.3, -0.25) is 0 Å². The molecular weight excluding hydrogens is 238 g/mol. The van der Waals surface area contributed by atoms with E-state index in [4.69, 9.17) is 5.73 Å². The van der Waals surface area contributed by atoms with Gasteiger partial charge in [-0.25, -0.2) is 4.79 Å². The zero-order valence-electron chi connectivity index (χ0n) is 11.5. The molecule has 19 heavy (non-hydrogen) atoms. The van der Waals surface area contributed by atoms with Crippen molar-refractivity contribution in [2.45, 2.75) is 56.9 Å². The summed E-state index contributed by atoms with van der Waals surface area (Å²) in [5.74, 6) is 3.00. The van der Waals surface area contributed by atoms with Crippen molar-refractivity contribution < 1.29 is 4.79 Å². The average Bonchev–Trinajstić information content (AvgIpc) is 3.28. The predicted molar refractivity (Wildman–Crippen MR) is 73.9 cm³/mol. The number of hydrogen-bond acceptors (Lipinski definition) is 2. The Morgan fingerprint density at radius 1 is 1.21 bits per heavy atom. The highest BCUT2D eigenvalue weighted by Gasteiger charge is 2.53. The highest BCUT2D eigenvalue weighted by molar-refractivity contribution is 6.05. The number of amidine groups is 1. The summed E-state index contributed by atoms with van der Waals surface area (Å²) in [6, 6.07) is -0.0687. The average molecular weight is 261 g/mol. The molecule has 2 N–H and O–H groups in total. The van der Waals surface area contributed by atoms with Crippen LogP contribution in [-0.2, 0) is 0 Å². The largest absolute Gasteiger partial charge is 0.385 e. The summed E-state index contributed by atoms with van der Waals surface area (Å²) >= 11 is 0. The number of carbonyl (C=O) groups is 1. The van der Waals surface area contributed by atoms with E-state index in [0.717, 1.165) is 31.2 Å². The summed E-state index contributed by atoms with van der Waals surface area (Å²) in [6.45, 7) is 0.889. The molecule has 3 saturated carbocycles. The molecule has 4 rings (SSSR count). The summed E-state index contributed by atoms with van der Waals surface area (Å²) < 4.78 is 0. The summed E-state index contributed by atoms with van der Waals surface area (Å²) in [4.78, 5) is 18.3. The number of urea groups is 1. The van der Waals surface area contributed by atoms with Crippen LogP contribution in [0.2, 0.25) is 0 Å². The van der Waals surface area contributed by atoms with Gasteiger partial charge < -0.3 is 10.6 Å². The Kier molecular flexibility index (Phi) is 2.45. The van der Waals surface area contributed by atoms with Crippen LogP contribution in [0.15, 0.2) is 4.99 Å². The molecule has 1 heterocycles. The second-order valence-corrected chi connectivity index (χ2v) is 7.06. The van der Waals surface area contributed by atoms with E-state index in [-0.39, 0.29) is 11.6 Å². The van der Waals surface area contributed by atoms with Gasteiger partial charge in [-0.2, -0.15) is 4.99 Å². The first-order chi connectivity index (χ1) is 9.19. The monoisotopic (exact) mass is 261 g/mol. The molecule has 0 bridgehead atoms. The van der Waals surface area contributed by atoms with Gasteiger partial charge in [0.1, 0.15) is 11.4 Å². The molecular formula is C15H23N3O. The maximum Gasteiger partial charge on any atom is 0.346 e. The molecule has 4 nitrogen and oxygen atoms in total. The van der Waals surface area contributed by atoms with Crippen LogP contribution in [0.1, 0.15) is 51.4 Å². The van der Waals surface area contributed by atoms with E-state index in [2.05, 4.69) is 4.99 Å². The van der Waals surface area contributed by atoms with E-state index in [9.17, 15) is 4.79 Å². The van der Waals surface area contributed by atoms with Crippen LogP contribution in [0.4, 0.5) is 4.79 Å². The number of rotatable bonds is 3. The molecule has 1 aliphatic heterocycles. The quantitative estimate of drug-likeness (QED) is 0.848. The van der Waals surface area contributed by atoms with Gasteiger partial charge >= 0.3 is 6.03 Å². The van der Waals surface area contributed by atoms with Crippen LogP contribution in [0.25, 0.3) is 0 Å². The molecule has 2 unspecified atom stereocenters. The lowest BCUT2D eigenvalue weighted by atomic mass is 9.72. The molecule has 1 spiro atoms. The first-order valence-corrected chi connectivity index (χ1v) is 7.85. The first-order valence-electron chi connectivity index (χ1n) is 7.85. The maximum atomic E-state index is 12.2. The molecule has 4 aliphatic rings. The van der Waals surface area contributed by atoms with Crippen molar-refractivity contribution in [3.63, 3.8) is 0 Å². The van der Waals surface area contributed by atoms with Crippen molar-refractivity contribution in [3.8, 4) is 0 Å². The molecule has 0 aromatic rings. The number of hydrogen-bond donors (Lipinski definition) is 1. The fourth-order valence-corrected chi connectivity index (χ4v) is 4.14. The minimum atomic E-state index is -0.203. The van der Waals surface area contributed by atoms with Crippen LogP contribution in [0.3, 0.4) is 0 Å². The minimum absolute atomic E-state index is 0.0687. The predicted octanol–water partition coefficient (Wildman–Crippen LogP) is 2.53. The zero-order valence-corrected chi connectivity index (χ0v) is 11.5. The Morgan fingerprint density at radius 3 is 2.68 bits per heavy atom. The maximum absolute atomic E-state index is 12.2. The van der Waals surface area contributed by atoms with Crippen molar-refractivity contribution in [3.05, 3.63) is 0 Å². The Labute approximate surface area is 114 Å². The van der Waals surface area contributed by atoms with Gasteiger partial charge in [0.15, 0.2) is 0 Å². The lowest BCUT2D eigenvalue weighted by Crippen LogP contribution is -2.57. The third-order valence-electron chi connectivity index (χ3n) is 5.63. The Bertz CT molecular complexity index is 439. The number of aliphatic imine (C=N–C) groups is 1. The topological polar surface area (TPSA) is 58.7 Å². The Morgan fingerprint density at radius 2 is 2.00 bits per heavy atom. The molecule has 0 aromatic carbocycles. The van der Waals surface area contributed by atoms with Crippen molar-refractivity contribution in [2.24, 2.45) is 28.5 Å². The van der Waals surface area contributed by atoms with E-state index >= 15 is 0 Å². The van der Waals surface area contributed by atoms with E-state index in [1.165, 1.54) is 38.5 Å². The lowest BCUT2D eigenvalue weighted by Gasteiger charge is -2.44. The highest BCUT2D eigenvalue weighted by atomic mass is 16.2. The van der Waals surface area contributed by atoms with E-state index in [1.54, 1.807) is 0 Å². The van der Waals surface area contributed by atoms with Crippen LogP contribution >= 0.6 is 0 Å². The SMILES string of the molecule is NC1=NC(=O)N(CC2CC2)C12CCCC(C1CC1)C2. The number of nitrogens with two attached hydrogens (primary N) is 1. The molecule has 3 aliphatic carbocycles.